The standard InChI is InChI=1S/C34H36O7S2/c1-3-4-26(19-33(35)36)25-6-8-27(9-7-25)40-20-24-5-12-32-30(18-24)31(21-42-32)29-11-10-28(17-23(29)2)41-22-34(37)13-15-43(38,39)16-14-34/h5-12,17-18,21,26,37-39H,13-16,19-20,22H2,1-2H3,(H,35,36). The molecule has 0 spiro atoms. The molecule has 0 radical (unpaired) electrons. The highest BCUT2D eigenvalue weighted by molar-refractivity contribution is 8.24. The fourth-order valence-corrected chi connectivity index (χ4v) is 7.82. The fourth-order valence-electron chi connectivity index (χ4n) is 5.26. The van der Waals surface area contributed by atoms with Crippen LogP contribution in [0.2, 0.25) is 0 Å². The Bertz CT molecular complexity index is 1650. The molecule has 226 valence electrons. The van der Waals surface area contributed by atoms with Crippen LogP contribution < -0.4 is 9.47 Å². The van der Waals surface area contributed by atoms with Crippen LogP contribution in [0.5, 0.6) is 11.5 Å². The molecule has 4 N–H and O–H groups in total. The molecule has 2 heterocycles. The summed E-state index contributed by atoms with van der Waals surface area (Å²) < 4.78 is 32.9. The largest absolute Gasteiger partial charge is 0.491 e. The lowest BCUT2D eigenvalue weighted by Gasteiger charge is -2.43. The van der Waals surface area contributed by atoms with Crippen molar-refractivity contribution in [1.29, 1.82) is 0 Å². The van der Waals surface area contributed by atoms with E-state index in [1.807, 2.05) is 49.4 Å². The van der Waals surface area contributed by atoms with E-state index in [9.17, 15) is 24.1 Å². The van der Waals surface area contributed by atoms with Crippen LogP contribution in [-0.2, 0) is 11.4 Å². The number of hydrogen-bond donors (Lipinski definition) is 4. The molecule has 1 aliphatic heterocycles. The zero-order valence-corrected chi connectivity index (χ0v) is 25.8. The first-order valence-electron chi connectivity index (χ1n) is 14.1. The van der Waals surface area contributed by atoms with Crippen LogP contribution in [0.1, 0.15) is 48.8 Å². The molecule has 1 saturated heterocycles. The van der Waals surface area contributed by atoms with Gasteiger partial charge in [0.2, 0.25) is 0 Å². The second-order valence-corrected chi connectivity index (χ2v) is 14.4. The Balaban J connectivity index is 1.25. The molecule has 0 saturated carbocycles. The number of carboxylic acids is 1. The van der Waals surface area contributed by atoms with Gasteiger partial charge >= 0.3 is 5.97 Å². The van der Waals surface area contributed by atoms with E-state index >= 15 is 0 Å². The van der Waals surface area contributed by atoms with Gasteiger partial charge in [-0.2, -0.15) is 10.6 Å². The summed E-state index contributed by atoms with van der Waals surface area (Å²) in [6.45, 7) is 4.26. The highest BCUT2D eigenvalue weighted by Gasteiger charge is 2.36. The Morgan fingerprint density at radius 3 is 2.40 bits per heavy atom. The third-order valence-electron chi connectivity index (χ3n) is 7.81. The van der Waals surface area contributed by atoms with Crippen molar-refractivity contribution in [1.82, 2.24) is 0 Å². The summed E-state index contributed by atoms with van der Waals surface area (Å²) in [6.07, 6.45) is 0.582. The molecule has 4 aromatic rings. The normalized spacial score (nSPS) is 17.0. The van der Waals surface area contributed by atoms with Gasteiger partial charge in [0, 0.05) is 27.2 Å². The highest BCUT2D eigenvalue weighted by Crippen LogP contribution is 2.47. The summed E-state index contributed by atoms with van der Waals surface area (Å²) in [5.74, 6) is 6.34. The smallest absolute Gasteiger partial charge is 0.304 e. The lowest BCUT2D eigenvalue weighted by molar-refractivity contribution is -0.137. The van der Waals surface area contributed by atoms with E-state index in [0.29, 0.717) is 30.9 Å². The Kier molecular flexibility index (Phi) is 9.35. The zero-order valence-electron chi connectivity index (χ0n) is 24.2. The average Bonchev–Trinajstić information content (AvgIpc) is 3.40. The summed E-state index contributed by atoms with van der Waals surface area (Å²) in [6, 6.07) is 19.7. The van der Waals surface area contributed by atoms with Gasteiger partial charge in [-0.3, -0.25) is 13.9 Å². The van der Waals surface area contributed by atoms with Crippen molar-refractivity contribution in [2.75, 3.05) is 18.1 Å². The summed E-state index contributed by atoms with van der Waals surface area (Å²) in [7, 11) is -2.57. The van der Waals surface area contributed by atoms with Gasteiger partial charge in [-0.1, -0.05) is 30.2 Å². The molecule has 1 aliphatic rings. The van der Waals surface area contributed by atoms with Crippen LogP contribution in [-0.4, -0.2) is 49.0 Å². The minimum absolute atomic E-state index is 0.0410. The van der Waals surface area contributed by atoms with Crippen LogP contribution in [0.3, 0.4) is 0 Å². The Morgan fingerprint density at radius 1 is 1.00 bits per heavy atom. The topological polar surface area (TPSA) is 116 Å². The van der Waals surface area contributed by atoms with Crippen LogP contribution >= 0.6 is 21.9 Å². The first-order valence-corrected chi connectivity index (χ1v) is 16.9. The van der Waals surface area contributed by atoms with E-state index in [1.165, 1.54) is 4.70 Å². The number of thiophene rings is 1. The molecule has 5 rings (SSSR count). The Morgan fingerprint density at radius 2 is 1.72 bits per heavy atom. The molecule has 43 heavy (non-hydrogen) atoms. The van der Waals surface area contributed by atoms with E-state index in [2.05, 4.69) is 35.4 Å². The van der Waals surface area contributed by atoms with E-state index in [1.54, 1.807) is 18.3 Å². The minimum atomic E-state index is -2.57. The van der Waals surface area contributed by atoms with Crippen LogP contribution in [0, 0.1) is 18.8 Å². The lowest BCUT2D eigenvalue weighted by Crippen LogP contribution is -2.42. The Hall–Kier alpha value is -3.52. The van der Waals surface area contributed by atoms with Crippen molar-refractivity contribution in [3.05, 3.63) is 82.7 Å². The molecular formula is C34H36O7S2. The number of benzene rings is 3. The number of ether oxygens (including phenoxy) is 2. The van der Waals surface area contributed by atoms with E-state index in [-0.39, 0.29) is 30.5 Å². The molecular weight excluding hydrogens is 585 g/mol. The Labute approximate surface area is 257 Å². The van der Waals surface area contributed by atoms with Gasteiger partial charge in [-0.05, 0) is 90.7 Å². The summed E-state index contributed by atoms with van der Waals surface area (Å²) in [5, 5.41) is 23.3. The first kappa shape index (κ1) is 30.9. The maximum Gasteiger partial charge on any atom is 0.304 e. The number of hydrogen-bond acceptors (Lipinski definition) is 7. The van der Waals surface area contributed by atoms with E-state index < -0.39 is 22.2 Å². The van der Waals surface area contributed by atoms with Crippen molar-refractivity contribution in [2.45, 2.75) is 51.2 Å². The van der Waals surface area contributed by atoms with E-state index in [0.717, 1.165) is 33.2 Å². The lowest BCUT2D eigenvalue weighted by atomic mass is 9.96. The first-order chi connectivity index (χ1) is 20.5. The second-order valence-electron chi connectivity index (χ2n) is 11.1. The SMILES string of the molecule is CC#CC(CC(=O)O)c1ccc(OCc2ccc3scc(-c4ccc(OCC5(O)CCS(O)(O)CC5)cc4C)c3c2)cc1. The number of aliphatic hydroxyl groups is 1. The number of carbonyl (C=O) groups is 1. The molecule has 3 aromatic carbocycles. The predicted octanol–water partition coefficient (Wildman–Crippen LogP) is 7.69. The van der Waals surface area contributed by atoms with Gasteiger partial charge in [-0.25, -0.2) is 0 Å². The van der Waals surface area contributed by atoms with Crippen LogP contribution in [0.25, 0.3) is 21.2 Å². The number of rotatable bonds is 10. The molecule has 7 nitrogen and oxygen atoms in total. The molecule has 9 heteroatoms. The van der Waals surface area contributed by atoms with Gasteiger partial charge < -0.3 is 19.7 Å². The van der Waals surface area contributed by atoms with Gasteiger partial charge in [0.25, 0.3) is 0 Å². The monoisotopic (exact) mass is 620 g/mol. The molecule has 1 fully saturated rings. The van der Waals surface area contributed by atoms with Crippen molar-refractivity contribution < 1.29 is 33.6 Å². The van der Waals surface area contributed by atoms with Crippen LogP contribution in [0.15, 0.2) is 66.0 Å². The molecule has 0 bridgehead atoms. The quantitative estimate of drug-likeness (QED) is 0.134. The van der Waals surface area contributed by atoms with Gasteiger partial charge in [0.1, 0.15) is 30.3 Å². The number of aryl methyl sites for hydroxylation is 1. The van der Waals surface area contributed by atoms with Gasteiger partial charge in [0.15, 0.2) is 0 Å². The maximum atomic E-state index is 11.2. The third-order valence-corrected chi connectivity index (χ3v) is 10.5. The van der Waals surface area contributed by atoms with Crippen molar-refractivity contribution in [3.63, 3.8) is 0 Å². The second kappa shape index (κ2) is 13.0. The fraction of sp³-hybridized carbons (Fsp3) is 0.324. The molecule has 0 aliphatic carbocycles. The predicted molar refractivity (Wildman–Crippen MR) is 173 cm³/mol. The molecule has 1 aromatic heterocycles. The minimum Gasteiger partial charge on any atom is -0.491 e. The van der Waals surface area contributed by atoms with Crippen molar-refractivity contribution in [3.8, 4) is 34.5 Å². The summed E-state index contributed by atoms with van der Waals surface area (Å²) in [4.78, 5) is 11.2. The third kappa shape index (κ3) is 7.71. The summed E-state index contributed by atoms with van der Waals surface area (Å²) in [5.41, 5.74) is 4.12. The molecule has 1 unspecified atom stereocenters. The molecule has 1 atom stereocenters. The van der Waals surface area contributed by atoms with Crippen LogP contribution in [0.4, 0.5) is 0 Å². The number of aliphatic carboxylic acids is 1. The number of carboxylic acid groups (broad SMARTS) is 1. The molecule has 0 amide bonds. The zero-order chi connectivity index (χ0) is 30.6. The van der Waals surface area contributed by atoms with Gasteiger partial charge in [-0.15, -0.1) is 17.3 Å². The number of fused-ring (bicyclic) bond motifs is 1. The van der Waals surface area contributed by atoms with Gasteiger partial charge in [0.05, 0.1) is 12.3 Å². The highest BCUT2D eigenvalue weighted by atomic mass is 32.3. The average molecular weight is 621 g/mol. The summed E-state index contributed by atoms with van der Waals surface area (Å²) >= 11 is 1.69. The van der Waals surface area contributed by atoms with Crippen molar-refractivity contribution in [2.24, 2.45) is 0 Å². The van der Waals surface area contributed by atoms with Crippen molar-refractivity contribution >= 4 is 38.0 Å². The maximum absolute atomic E-state index is 11.2. The van der Waals surface area contributed by atoms with E-state index in [4.69, 9.17) is 9.47 Å².